The molecule has 0 nitrogen and oxygen atoms in total. The highest BCUT2D eigenvalue weighted by atomic mass is 35.5. The van der Waals surface area contributed by atoms with E-state index in [2.05, 4.69) is 32.0 Å². The zero-order valence-electron chi connectivity index (χ0n) is 14.8. The predicted molar refractivity (Wildman–Crippen MR) is 101 cm³/mol. The van der Waals surface area contributed by atoms with E-state index in [1.54, 1.807) is 0 Å². The Kier molecular flexibility index (Phi) is 11.6. The van der Waals surface area contributed by atoms with Crippen LogP contribution in [0.5, 0.6) is 0 Å². The van der Waals surface area contributed by atoms with Crippen molar-refractivity contribution in [3.8, 4) is 0 Å². The van der Waals surface area contributed by atoms with Crippen molar-refractivity contribution in [2.75, 3.05) is 5.88 Å². The summed E-state index contributed by atoms with van der Waals surface area (Å²) < 4.78 is 0. The van der Waals surface area contributed by atoms with Gasteiger partial charge in [-0.3, -0.25) is 0 Å². The number of halogens is 1. The minimum absolute atomic E-state index is 0.725. The third kappa shape index (κ3) is 8.83. The van der Waals surface area contributed by atoms with E-state index in [9.17, 15) is 0 Å². The fraction of sp³-hybridized carbons (Fsp3) is 0.714. The highest BCUT2D eigenvalue weighted by Crippen LogP contribution is 2.16. The lowest BCUT2D eigenvalue weighted by Gasteiger charge is -2.08. The van der Waals surface area contributed by atoms with Crippen LogP contribution in [0.1, 0.15) is 87.8 Å². The number of unbranched alkanes of at least 4 members (excludes halogenated alkanes) is 9. The first-order valence-electron chi connectivity index (χ1n) is 9.42. The van der Waals surface area contributed by atoms with E-state index in [-0.39, 0.29) is 0 Å². The number of rotatable bonds is 13. The van der Waals surface area contributed by atoms with Gasteiger partial charge in [-0.2, -0.15) is 0 Å². The molecule has 126 valence electrons. The van der Waals surface area contributed by atoms with Gasteiger partial charge in [0.25, 0.3) is 0 Å². The van der Waals surface area contributed by atoms with Crippen LogP contribution in [0.2, 0.25) is 0 Å². The molecule has 22 heavy (non-hydrogen) atoms. The Morgan fingerprint density at radius 2 is 1.36 bits per heavy atom. The monoisotopic (exact) mass is 322 g/mol. The lowest BCUT2D eigenvalue weighted by Crippen LogP contribution is -1.94. The van der Waals surface area contributed by atoms with Gasteiger partial charge in [0.1, 0.15) is 0 Å². The SMILES string of the molecule is CCCCCCCCCCCCc1ccc(C)c(CCCl)c1. The topological polar surface area (TPSA) is 0 Å². The second-order valence-electron chi connectivity index (χ2n) is 6.63. The van der Waals surface area contributed by atoms with E-state index in [0.29, 0.717) is 0 Å². The average Bonchev–Trinajstić information content (AvgIpc) is 2.52. The van der Waals surface area contributed by atoms with Crippen molar-refractivity contribution in [2.24, 2.45) is 0 Å². The van der Waals surface area contributed by atoms with Gasteiger partial charge in [-0.05, 0) is 42.9 Å². The molecule has 0 aliphatic heterocycles. The summed E-state index contributed by atoms with van der Waals surface area (Å²) in [6, 6.07) is 6.92. The molecule has 0 saturated carbocycles. The van der Waals surface area contributed by atoms with E-state index in [1.807, 2.05) is 0 Å². The second-order valence-corrected chi connectivity index (χ2v) is 7.01. The molecule has 1 heteroatoms. The molecular weight excluding hydrogens is 288 g/mol. The van der Waals surface area contributed by atoms with E-state index < -0.39 is 0 Å². The van der Waals surface area contributed by atoms with Crippen molar-refractivity contribution in [3.05, 3.63) is 34.9 Å². The number of hydrogen-bond donors (Lipinski definition) is 0. The predicted octanol–water partition coefficient (Wildman–Crippen LogP) is 7.24. The molecule has 0 unspecified atom stereocenters. The lowest BCUT2D eigenvalue weighted by molar-refractivity contribution is 0.556. The van der Waals surface area contributed by atoms with Gasteiger partial charge >= 0.3 is 0 Å². The highest BCUT2D eigenvalue weighted by molar-refractivity contribution is 6.18. The minimum Gasteiger partial charge on any atom is -0.126 e. The zero-order chi connectivity index (χ0) is 16.0. The van der Waals surface area contributed by atoms with Crippen LogP contribution >= 0.6 is 11.6 Å². The lowest BCUT2D eigenvalue weighted by atomic mass is 9.99. The van der Waals surface area contributed by atoms with E-state index in [0.717, 1.165) is 12.3 Å². The van der Waals surface area contributed by atoms with Crippen molar-refractivity contribution in [1.82, 2.24) is 0 Å². The molecule has 0 aromatic heterocycles. The van der Waals surface area contributed by atoms with Gasteiger partial charge in [0, 0.05) is 5.88 Å². The first-order valence-corrected chi connectivity index (χ1v) is 9.95. The standard InChI is InChI=1S/C21H35Cl/c1-3-4-5-6-7-8-9-10-11-12-13-20-15-14-19(2)21(18-20)16-17-22/h14-15,18H,3-13,16-17H2,1-2H3. The third-order valence-electron chi connectivity index (χ3n) is 4.60. The van der Waals surface area contributed by atoms with Crippen LogP contribution in [0.3, 0.4) is 0 Å². The summed E-state index contributed by atoms with van der Waals surface area (Å²) in [5, 5.41) is 0. The molecule has 0 N–H and O–H groups in total. The Hall–Kier alpha value is -0.490. The van der Waals surface area contributed by atoms with Gasteiger partial charge in [-0.25, -0.2) is 0 Å². The van der Waals surface area contributed by atoms with Crippen molar-refractivity contribution in [2.45, 2.75) is 90.9 Å². The van der Waals surface area contributed by atoms with Crippen LogP contribution in [0.25, 0.3) is 0 Å². The second kappa shape index (κ2) is 13.0. The molecule has 0 spiro atoms. The molecule has 0 aliphatic rings. The normalized spacial score (nSPS) is 11.0. The van der Waals surface area contributed by atoms with Crippen molar-refractivity contribution < 1.29 is 0 Å². The molecule has 1 aromatic carbocycles. The van der Waals surface area contributed by atoms with Gasteiger partial charge in [0.05, 0.1) is 0 Å². The summed E-state index contributed by atoms with van der Waals surface area (Å²) in [5.41, 5.74) is 4.30. The van der Waals surface area contributed by atoms with Crippen LogP contribution in [-0.2, 0) is 12.8 Å². The summed E-state index contributed by atoms with van der Waals surface area (Å²) >= 11 is 5.88. The molecule has 1 aromatic rings. The fourth-order valence-corrected chi connectivity index (χ4v) is 3.27. The van der Waals surface area contributed by atoms with Crippen molar-refractivity contribution >= 4 is 11.6 Å². The molecule has 0 saturated heterocycles. The first kappa shape index (κ1) is 19.6. The first-order chi connectivity index (χ1) is 10.8. The van der Waals surface area contributed by atoms with Crippen LogP contribution in [0.15, 0.2) is 18.2 Å². The molecule has 1 rings (SSSR count). The Morgan fingerprint density at radius 1 is 0.773 bits per heavy atom. The summed E-state index contributed by atoms with van der Waals surface area (Å²) in [4.78, 5) is 0. The van der Waals surface area contributed by atoms with E-state index >= 15 is 0 Å². The average molecular weight is 323 g/mol. The zero-order valence-corrected chi connectivity index (χ0v) is 15.6. The Labute approximate surface area is 143 Å². The van der Waals surface area contributed by atoms with Crippen molar-refractivity contribution in [3.63, 3.8) is 0 Å². The summed E-state index contributed by atoms with van der Waals surface area (Å²) in [7, 11) is 0. The molecule has 0 radical (unpaired) electrons. The van der Waals surface area contributed by atoms with Gasteiger partial charge in [0.2, 0.25) is 0 Å². The number of aryl methyl sites for hydroxylation is 3. The van der Waals surface area contributed by atoms with Crippen LogP contribution in [0.4, 0.5) is 0 Å². The minimum atomic E-state index is 0.725. The van der Waals surface area contributed by atoms with E-state index in [4.69, 9.17) is 11.6 Å². The molecule has 0 aliphatic carbocycles. The van der Waals surface area contributed by atoms with Gasteiger partial charge in [-0.15, -0.1) is 11.6 Å². The van der Waals surface area contributed by atoms with Gasteiger partial charge < -0.3 is 0 Å². The Morgan fingerprint density at radius 3 is 1.95 bits per heavy atom. The van der Waals surface area contributed by atoms with Crippen LogP contribution < -0.4 is 0 Å². The smallest absolute Gasteiger partial charge is 0.0264 e. The summed E-state index contributed by atoms with van der Waals surface area (Å²) in [6.45, 7) is 4.47. The Bertz CT molecular complexity index is 383. The van der Waals surface area contributed by atoms with E-state index in [1.165, 1.54) is 87.3 Å². The number of alkyl halides is 1. The highest BCUT2D eigenvalue weighted by Gasteiger charge is 2.01. The fourth-order valence-electron chi connectivity index (χ4n) is 3.07. The largest absolute Gasteiger partial charge is 0.126 e. The van der Waals surface area contributed by atoms with Gasteiger partial charge in [0.15, 0.2) is 0 Å². The quantitative estimate of drug-likeness (QED) is 0.265. The maximum absolute atomic E-state index is 5.88. The summed E-state index contributed by atoms with van der Waals surface area (Å²) in [6.07, 6.45) is 16.3. The molecule has 0 heterocycles. The number of hydrogen-bond acceptors (Lipinski definition) is 0. The maximum Gasteiger partial charge on any atom is 0.0264 e. The molecule has 0 amide bonds. The van der Waals surface area contributed by atoms with Crippen molar-refractivity contribution in [1.29, 1.82) is 0 Å². The molecule has 0 fully saturated rings. The van der Waals surface area contributed by atoms with Gasteiger partial charge in [-0.1, -0.05) is 82.9 Å². The number of benzene rings is 1. The van der Waals surface area contributed by atoms with Crippen LogP contribution in [-0.4, -0.2) is 5.88 Å². The molecule has 0 bridgehead atoms. The molecular formula is C21H35Cl. The third-order valence-corrected chi connectivity index (χ3v) is 4.79. The van der Waals surface area contributed by atoms with Crippen LogP contribution in [0, 0.1) is 6.92 Å². The maximum atomic E-state index is 5.88. The Balaban J connectivity index is 2.06. The molecule has 0 atom stereocenters. The summed E-state index contributed by atoms with van der Waals surface area (Å²) in [5.74, 6) is 0.725.